The summed E-state index contributed by atoms with van der Waals surface area (Å²) in [4.78, 5) is 33.3. The monoisotopic (exact) mass is 457 g/mol. The standard InChI is InChI=1S/C22H23N3O6S/c1-11(2)17-10-32-20(24-17)16-8-19(14-5-4-12(30-3)6-15(14)23-16)31-13-7-18(21(26)27)25(9-13)22(28)29/h4-6,8,10-11,13,18H,7,9H2,1-3H3,(H,26,27)(H,28,29). The fourth-order valence-corrected chi connectivity index (χ4v) is 4.63. The van der Waals surface area contributed by atoms with E-state index >= 15 is 0 Å². The van der Waals surface area contributed by atoms with E-state index in [-0.39, 0.29) is 18.9 Å². The second kappa shape index (κ2) is 8.62. The Hall–Kier alpha value is -3.40. The molecule has 0 bridgehead atoms. The molecule has 2 unspecified atom stereocenters. The molecule has 2 aromatic heterocycles. The summed E-state index contributed by atoms with van der Waals surface area (Å²) in [6.07, 6.45) is -1.82. The van der Waals surface area contributed by atoms with Crippen LogP contribution in [0.25, 0.3) is 21.6 Å². The average Bonchev–Trinajstić information content (AvgIpc) is 3.41. The highest BCUT2D eigenvalue weighted by Crippen LogP contribution is 2.35. The first-order chi connectivity index (χ1) is 15.3. The second-order valence-corrected chi connectivity index (χ2v) is 8.74. The molecule has 9 nitrogen and oxygen atoms in total. The number of amides is 1. The molecule has 1 saturated heterocycles. The summed E-state index contributed by atoms with van der Waals surface area (Å²) in [5.74, 6) is 0.228. The molecule has 168 valence electrons. The Bertz CT molecular complexity index is 1160. The third-order valence-corrected chi connectivity index (χ3v) is 6.28. The number of aromatic nitrogens is 2. The van der Waals surface area contributed by atoms with Crippen LogP contribution in [-0.4, -0.2) is 62.9 Å². The number of benzene rings is 1. The van der Waals surface area contributed by atoms with Crippen molar-refractivity contribution in [2.75, 3.05) is 13.7 Å². The van der Waals surface area contributed by atoms with Crippen molar-refractivity contribution < 1.29 is 29.3 Å². The summed E-state index contributed by atoms with van der Waals surface area (Å²) >= 11 is 1.49. The molecule has 1 aliphatic rings. The van der Waals surface area contributed by atoms with Gasteiger partial charge in [-0.25, -0.2) is 19.6 Å². The average molecular weight is 458 g/mol. The molecule has 2 atom stereocenters. The highest BCUT2D eigenvalue weighted by Gasteiger charge is 2.41. The summed E-state index contributed by atoms with van der Waals surface area (Å²) in [6.45, 7) is 4.11. The topological polar surface area (TPSA) is 122 Å². The number of aliphatic carboxylic acids is 1. The van der Waals surface area contributed by atoms with Gasteiger partial charge in [-0.3, -0.25) is 4.90 Å². The quantitative estimate of drug-likeness (QED) is 0.568. The third kappa shape index (κ3) is 4.18. The number of pyridine rings is 1. The summed E-state index contributed by atoms with van der Waals surface area (Å²) in [5, 5.41) is 22.2. The summed E-state index contributed by atoms with van der Waals surface area (Å²) in [7, 11) is 1.57. The zero-order chi connectivity index (χ0) is 23.0. The molecule has 0 radical (unpaired) electrons. The Kier molecular flexibility index (Phi) is 5.88. The van der Waals surface area contributed by atoms with Crippen molar-refractivity contribution in [3.63, 3.8) is 0 Å². The van der Waals surface area contributed by atoms with E-state index in [4.69, 9.17) is 14.5 Å². The number of rotatable bonds is 6. The van der Waals surface area contributed by atoms with E-state index in [9.17, 15) is 19.8 Å². The highest BCUT2D eigenvalue weighted by atomic mass is 32.1. The molecule has 2 N–H and O–H groups in total. The predicted molar refractivity (Wildman–Crippen MR) is 119 cm³/mol. The first-order valence-electron chi connectivity index (χ1n) is 10.1. The number of nitrogens with zero attached hydrogens (tertiary/aromatic N) is 3. The maximum Gasteiger partial charge on any atom is 0.408 e. The van der Waals surface area contributed by atoms with Crippen LogP contribution in [0.2, 0.25) is 0 Å². The lowest BCUT2D eigenvalue weighted by Crippen LogP contribution is -2.39. The Morgan fingerprint density at radius 1 is 1.22 bits per heavy atom. The van der Waals surface area contributed by atoms with Gasteiger partial charge in [0.1, 0.15) is 34.3 Å². The minimum atomic E-state index is -1.28. The zero-order valence-electron chi connectivity index (χ0n) is 17.8. The molecule has 4 rings (SSSR count). The lowest BCUT2D eigenvalue weighted by molar-refractivity contribution is -0.141. The van der Waals surface area contributed by atoms with Crippen LogP contribution in [0.4, 0.5) is 4.79 Å². The number of carbonyl (C=O) groups is 2. The van der Waals surface area contributed by atoms with Gasteiger partial charge in [0.2, 0.25) is 0 Å². The molecule has 1 aromatic carbocycles. The van der Waals surface area contributed by atoms with Crippen molar-refractivity contribution in [2.45, 2.75) is 38.3 Å². The van der Waals surface area contributed by atoms with Gasteiger partial charge >= 0.3 is 12.1 Å². The van der Waals surface area contributed by atoms with E-state index in [0.717, 1.165) is 21.0 Å². The molecule has 10 heteroatoms. The van der Waals surface area contributed by atoms with E-state index in [1.807, 2.05) is 11.4 Å². The van der Waals surface area contributed by atoms with Crippen LogP contribution in [0.15, 0.2) is 29.6 Å². The summed E-state index contributed by atoms with van der Waals surface area (Å²) in [6, 6.07) is 6.03. The first kappa shape index (κ1) is 21.8. The third-order valence-electron chi connectivity index (χ3n) is 5.40. The number of hydrogen-bond donors (Lipinski definition) is 2. The molecule has 0 aliphatic carbocycles. The maximum atomic E-state index is 11.5. The van der Waals surface area contributed by atoms with E-state index in [1.165, 1.54) is 11.3 Å². The van der Waals surface area contributed by atoms with E-state index in [0.29, 0.717) is 22.7 Å². The van der Waals surface area contributed by atoms with Gasteiger partial charge in [-0.15, -0.1) is 11.3 Å². The van der Waals surface area contributed by atoms with Gasteiger partial charge in [0.25, 0.3) is 0 Å². The molecule has 3 aromatic rings. The van der Waals surface area contributed by atoms with Gasteiger partial charge in [-0.2, -0.15) is 0 Å². The SMILES string of the molecule is COc1ccc2c(OC3CC(C(=O)O)N(C(=O)O)C3)cc(-c3nc(C(C)C)cs3)nc2c1. The van der Waals surface area contributed by atoms with Crippen LogP contribution in [0.3, 0.4) is 0 Å². The molecule has 3 heterocycles. The van der Waals surface area contributed by atoms with Crippen molar-refractivity contribution in [1.29, 1.82) is 0 Å². The van der Waals surface area contributed by atoms with Gasteiger partial charge in [0.15, 0.2) is 0 Å². The Labute approximate surface area is 188 Å². The molecule has 0 spiro atoms. The number of thiazole rings is 1. The number of methoxy groups -OCH3 is 1. The lowest BCUT2D eigenvalue weighted by atomic mass is 10.1. The van der Waals surface area contributed by atoms with Crippen molar-refractivity contribution in [1.82, 2.24) is 14.9 Å². The largest absolute Gasteiger partial charge is 0.497 e. The smallest absolute Gasteiger partial charge is 0.408 e. The zero-order valence-corrected chi connectivity index (χ0v) is 18.6. The molecule has 32 heavy (non-hydrogen) atoms. The van der Waals surface area contributed by atoms with Crippen molar-refractivity contribution in [2.24, 2.45) is 0 Å². The Morgan fingerprint density at radius 2 is 2.00 bits per heavy atom. The summed E-state index contributed by atoms with van der Waals surface area (Å²) in [5.41, 5.74) is 2.23. The lowest BCUT2D eigenvalue weighted by Gasteiger charge is -2.17. The van der Waals surface area contributed by atoms with Crippen molar-refractivity contribution in [3.05, 3.63) is 35.3 Å². The second-order valence-electron chi connectivity index (χ2n) is 7.89. The Morgan fingerprint density at radius 3 is 2.59 bits per heavy atom. The summed E-state index contributed by atoms with van der Waals surface area (Å²) < 4.78 is 11.5. The number of hydrogen-bond acceptors (Lipinski definition) is 7. The fraction of sp³-hybridized carbons (Fsp3) is 0.364. The van der Waals surface area contributed by atoms with Crippen LogP contribution in [0, 0.1) is 0 Å². The first-order valence-corrected chi connectivity index (χ1v) is 11.0. The number of likely N-dealkylation sites (tertiary alicyclic amines) is 1. The van der Waals surface area contributed by atoms with E-state index in [2.05, 4.69) is 18.8 Å². The van der Waals surface area contributed by atoms with Gasteiger partial charge in [-0.05, 0) is 18.1 Å². The Balaban J connectivity index is 1.74. The predicted octanol–water partition coefficient (Wildman–Crippen LogP) is 4.07. The van der Waals surface area contributed by atoms with E-state index in [1.54, 1.807) is 25.3 Å². The van der Waals surface area contributed by atoms with Gasteiger partial charge < -0.3 is 19.7 Å². The molecular weight excluding hydrogens is 434 g/mol. The van der Waals surface area contributed by atoms with Crippen LogP contribution in [0.5, 0.6) is 11.5 Å². The molecule has 0 saturated carbocycles. The minimum absolute atomic E-state index is 0.0314. The number of carboxylic acids is 1. The normalized spacial score (nSPS) is 18.3. The van der Waals surface area contributed by atoms with Crippen LogP contribution >= 0.6 is 11.3 Å². The van der Waals surface area contributed by atoms with Crippen LogP contribution in [0.1, 0.15) is 31.9 Å². The number of ether oxygens (including phenoxy) is 2. The van der Waals surface area contributed by atoms with Crippen LogP contribution in [-0.2, 0) is 4.79 Å². The van der Waals surface area contributed by atoms with Gasteiger partial charge in [-0.1, -0.05) is 13.8 Å². The molecule has 1 aliphatic heterocycles. The van der Waals surface area contributed by atoms with Crippen LogP contribution < -0.4 is 9.47 Å². The maximum absolute atomic E-state index is 11.5. The molecule has 1 fully saturated rings. The fourth-order valence-electron chi connectivity index (χ4n) is 3.69. The van der Waals surface area contributed by atoms with Crippen molar-refractivity contribution >= 4 is 34.3 Å². The molecule has 1 amide bonds. The van der Waals surface area contributed by atoms with E-state index < -0.39 is 24.2 Å². The minimum Gasteiger partial charge on any atom is -0.497 e. The highest BCUT2D eigenvalue weighted by molar-refractivity contribution is 7.13. The molecular formula is C22H23N3O6S. The van der Waals surface area contributed by atoms with Gasteiger partial charge in [0.05, 0.1) is 24.9 Å². The van der Waals surface area contributed by atoms with Crippen molar-refractivity contribution in [3.8, 4) is 22.2 Å². The number of carboxylic acid groups (broad SMARTS) is 2. The number of fused-ring (bicyclic) bond motifs is 1. The van der Waals surface area contributed by atoms with Gasteiger partial charge in [0, 0.05) is 29.3 Å².